The first-order chi connectivity index (χ1) is 7.47. The van der Waals surface area contributed by atoms with Crippen molar-refractivity contribution in [1.82, 2.24) is 0 Å². The van der Waals surface area contributed by atoms with Crippen LogP contribution in [0.2, 0.25) is 0 Å². The zero-order valence-electron chi connectivity index (χ0n) is 8.62. The topological polar surface area (TPSA) is 34.1 Å². The Morgan fingerprint density at radius 1 is 1.31 bits per heavy atom. The van der Waals surface area contributed by atoms with Crippen molar-refractivity contribution < 1.29 is 8.42 Å². The second-order valence-electron chi connectivity index (χ2n) is 4.35. The second kappa shape index (κ2) is 4.42. The van der Waals surface area contributed by atoms with E-state index in [9.17, 15) is 8.42 Å². The van der Waals surface area contributed by atoms with Crippen molar-refractivity contribution in [2.75, 3.05) is 11.1 Å². The summed E-state index contributed by atoms with van der Waals surface area (Å²) in [5.41, 5.74) is -0.0127. The molecule has 0 N–H and O–H groups in total. The number of rotatable bonds is 4. The van der Waals surface area contributed by atoms with Crippen LogP contribution >= 0.6 is 31.9 Å². The number of sulfone groups is 1. The number of hydrogen-bond acceptors (Lipinski definition) is 2. The highest BCUT2D eigenvalue weighted by Gasteiger charge is 2.45. The molecule has 0 aromatic heterocycles. The van der Waals surface area contributed by atoms with E-state index in [0.29, 0.717) is 4.90 Å². The lowest BCUT2D eigenvalue weighted by Crippen LogP contribution is -2.18. The van der Waals surface area contributed by atoms with Crippen LogP contribution in [-0.2, 0) is 9.84 Å². The van der Waals surface area contributed by atoms with E-state index in [4.69, 9.17) is 0 Å². The average Bonchev–Trinajstić information content (AvgIpc) is 2.98. The van der Waals surface area contributed by atoms with Gasteiger partial charge in [-0.2, -0.15) is 0 Å². The number of halogens is 2. The standard InChI is InChI=1S/C11H12Br2O2S/c12-7-11(4-5-11)8-16(14,15)10-3-1-2-9(13)6-10/h1-3,6H,4-5,7-8H2. The molecule has 5 heteroatoms. The Morgan fingerprint density at radius 2 is 2.00 bits per heavy atom. The van der Waals surface area contributed by atoms with Crippen LogP contribution in [0.25, 0.3) is 0 Å². The third kappa shape index (κ3) is 2.68. The maximum atomic E-state index is 12.2. The van der Waals surface area contributed by atoms with E-state index >= 15 is 0 Å². The van der Waals surface area contributed by atoms with Gasteiger partial charge in [0.2, 0.25) is 0 Å². The molecule has 1 saturated carbocycles. The van der Waals surface area contributed by atoms with Gasteiger partial charge in [0.15, 0.2) is 9.84 Å². The van der Waals surface area contributed by atoms with Crippen LogP contribution in [0.15, 0.2) is 33.6 Å². The molecule has 1 aliphatic rings. The SMILES string of the molecule is O=S(=O)(CC1(CBr)CC1)c1cccc(Br)c1. The van der Waals surface area contributed by atoms with Crippen LogP contribution in [-0.4, -0.2) is 19.5 Å². The molecule has 0 aliphatic heterocycles. The third-order valence-electron chi connectivity index (χ3n) is 2.89. The fourth-order valence-electron chi connectivity index (χ4n) is 1.64. The first kappa shape index (κ1) is 12.6. The number of benzene rings is 1. The molecule has 2 rings (SSSR count). The Kier molecular flexibility index (Phi) is 3.48. The molecule has 2 nitrogen and oxygen atoms in total. The number of alkyl halides is 1. The van der Waals surface area contributed by atoms with Gasteiger partial charge in [0.1, 0.15) is 0 Å². The van der Waals surface area contributed by atoms with E-state index in [1.165, 1.54) is 0 Å². The predicted molar refractivity (Wildman–Crippen MR) is 71.7 cm³/mol. The molecule has 1 aliphatic carbocycles. The first-order valence-corrected chi connectivity index (χ1v) is 8.58. The van der Waals surface area contributed by atoms with Gasteiger partial charge in [-0.15, -0.1) is 0 Å². The molecule has 0 amide bonds. The molecule has 16 heavy (non-hydrogen) atoms. The zero-order chi connectivity index (χ0) is 11.8. The molecule has 0 radical (unpaired) electrons. The maximum Gasteiger partial charge on any atom is 0.178 e. The van der Waals surface area contributed by atoms with Crippen molar-refractivity contribution in [3.63, 3.8) is 0 Å². The predicted octanol–water partition coefficient (Wildman–Crippen LogP) is 3.40. The van der Waals surface area contributed by atoms with Crippen molar-refractivity contribution in [2.24, 2.45) is 5.41 Å². The fraction of sp³-hybridized carbons (Fsp3) is 0.455. The van der Waals surface area contributed by atoms with Gasteiger partial charge in [-0.05, 0) is 36.5 Å². The monoisotopic (exact) mass is 366 g/mol. The Labute approximate surface area is 113 Å². The fourth-order valence-corrected chi connectivity index (χ4v) is 5.17. The van der Waals surface area contributed by atoms with Crippen molar-refractivity contribution in [2.45, 2.75) is 17.7 Å². The summed E-state index contributed by atoms with van der Waals surface area (Å²) >= 11 is 6.69. The first-order valence-electron chi connectivity index (χ1n) is 5.02. The lowest BCUT2D eigenvalue weighted by molar-refractivity contribution is 0.572. The molecule has 1 aromatic rings. The van der Waals surface area contributed by atoms with Crippen molar-refractivity contribution in [1.29, 1.82) is 0 Å². The quantitative estimate of drug-likeness (QED) is 0.764. The highest BCUT2D eigenvalue weighted by molar-refractivity contribution is 9.10. The summed E-state index contributed by atoms with van der Waals surface area (Å²) in [6, 6.07) is 6.91. The van der Waals surface area contributed by atoms with Gasteiger partial charge in [0.25, 0.3) is 0 Å². The lowest BCUT2D eigenvalue weighted by atomic mass is 10.2. The van der Waals surface area contributed by atoms with Crippen LogP contribution in [0.1, 0.15) is 12.8 Å². The van der Waals surface area contributed by atoms with Crippen LogP contribution in [0.3, 0.4) is 0 Å². The van der Waals surface area contributed by atoms with Crippen LogP contribution in [0.4, 0.5) is 0 Å². The second-order valence-corrected chi connectivity index (χ2v) is 7.82. The Morgan fingerprint density at radius 3 is 2.50 bits per heavy atom. The smallest absolute Gasteiger partial charge is 0.178 e. The van der Waals surface area contributed by atoms with Gasteiger partial charge in [0.05, 0.1) is 10.6 Å². The molecule has 0 saturated heterocycles. The molecule has 0 unspecified atom stereocenters. The molecule has 1 fully saturated rings. The molecule has 88 valence electrons. The van der Waals surface area contributed by atoms with E-state index in [1.54, 1.807) is 18.2 Å². The summed E-state index contributed by atoms with van der Waals surface area (Å²) in [4.78, 5) is 0.411. The average molecular weight is 368 g/mol. The van der Waals surface area contributed by atoms with E-state index < -0.39 is 9.84 Å². The summed E-state index contributed by atoms with van der Waals surface area (Å²) in [5, 5.41) is 0.771. The van der Waals surface area contributed by atoms with Gasteiger partial charge < -0.3 is 0 Å². The maximum absolute atomic E-state index is 12.2. The molecule has 0 atom stereocenters. The van der Waals surface area contributed by atoms with Crippen molar-refractivity contribution in [3.05, 3.63) is 28.7 Å². The van der Waals surface area contributed by atoms with Gasteiger partial charge in [-0.25, -0.2) is 8.42 Å². The Hall–Kier alpha value is 0.130. The summed E-state index contributed by atoms with van der Waals surface area (Å²) in [6.07, 6.45) is 2.01. The van der Waals surface area contributed by atoms with E-state index in [1.807, 2.05) is 6.07 Å². The Balaban J connectivity index is 2.26. The van der Waals surface area contributed by atoms with Crippen LogP contribution < -0.4 is 0 Å². The third-order valence-corrected chi connectivity index (χ3v) is 6.54. The number of hydrogen-bond donors (Lipinski definition) is 0. The summed E-state index contributed by atoms with van der Waals surface area (Å²) in [5.74, 6) is 0.252. The summed E-state index contributed by atoms with van der Waals surface area (Å²) < 4.78 is 25.1. The van der Waals surface area contributed by atoms with E-state index in [-0.39, 0.29) is 11.2 Å². The minimum absolute atomic E-state index is 0.0127. The van der Waals surface area contributed by atoms with Crippen LogP contribution in [0, 0.1) is 5.41 Å². The minimum Gasteiger partial charge on any atom is -0.224 e. The van der Waals surface area contributed by atoms with Gasteiger partial charge >= 0.3 is 0 Å². The Bertz CT molecular complexity index is 492. The summed E-state index contributed by atoms with van der Waals surface area (Å²) in [6.45, 7) is 0. The molecule has 1 aromatic carbocycles. The van der Waals surface area contributed by atoms with Crippen molar-refractivity contribution in [3.8, 4) is 0 Å². The van der Waals surface area contributed by atoms with Gasteiger partial charge in [-0.1, -0.05) is 37.9 Å². The molecule has 0 heterocycles. The molecular formula is C11H12Br2O2S. The highest BCUT2D eigenvalue weighted by atomic mass is 79.9. The van der Waals surface area contributed by atoms with E-state index in [0.717, 1.165) is 22.6 Å². The molecular weight excluding hydrogens is 356 g/mol. The minimum atomic E-state index is -3.15. The van der Waals surface area contributed by atoms with Crippen LogP contribution in [0.5, 0.6) is 0 Å². The zero-order valence-corrected chi connectivity index (χ0v) is 12.6. The summed E-state index contributed by atoms with van der Waals surface area (Å²) in [7, 11) is -3.15. The van der Waals surface area contributed by atoms with E-state index in [2.05, 4.69) is 31.9 Å². The normalized spacial score (nSPS) is 18.4. The largest absolute Gasteiger partial charge is 0.224 e. The molecule has 0 bridgehead atoms. The van der Waals surface area contributed by atoms with Gasteiger partial charge in [-0.3, -0.25) is 0 Å². The molecule has 0 spiro atoms. The van der Waals surface area contributed by atoms with Crippen molar-refractivity contribution >= 4 is 41.7 Å². The lowest BCUT2D eigenvalue weighted by Gasteiger charge is -2.12. The van der Waals surface area contributed by atoms with Gasteiger partial charge in [0, 0.05) is 9.80 Å². The highest BCUT2D eigenvalue weighted by Crippen LogP contribution is 2.48.